The van der Waals surface area contributed by atoms with Crippen molar-refractivity contribution in [1.29, 1.82) is 0 Å². The predicted molar refractivity (Wildman–Crippen MR) is 72.9 cm³/mol. The van der Waals surface area contributed by atoms with Gasteiger partial charge in [0.2, 0.25) is 0 Å². The Bertz CT molecular complexity index is 563. The van der Waals surface area contributed by atoms with Crippen LogP contribution in [-0.4, -0.2) is 20.8 Å². The van der Waals surface area contributed by atoms with E-state index in [0.717, 1.165) is 14.7 Å². The van der Waals surface area contributed by atoms with Crippen LogP contribution in [0, 0.1) is 10.5 Å². The highest BCUT2D eigenvalue weighted by Gasteiger charge is 2.13. The van der Waals surface area contributed by atoms with Gasteiger partial charge >= 0.3 is 0 Å². The summed E-state index contributed by atoms with van der Waals surface area (Å²) in [7, 11) is 1.79. The Kier molecular flexibility index (Phi) is 3.56. The van der Waals surface area contributed by atoms with Crippen molar-refractivity contribution in [2.75, 3.05) is 0 Å². The van der Waals surface area contributed by atoms with E-state index < -0.39 is 0 Å². The highest BCUT2D eigenvalue weighted by molar-refractivity contribution is 14.1. The first kappa shape index (κ1) is 12.2. The lowest BCUT2D eigenvalue weighted by Crippen LogP contribution is -2.07. The Hall–Kier alpha value is -1.24. The van der Waals surface area contributed by atoms with Gasteiger partial charge in [-0.2, -0.15) is 0 Å². The van der Waals surface area contributed by atoms with Gasteiger partial charge in [0.1, 0.15) is 0 Å². The molecule has 88 valence electrons. The lowest BCUT2D eigenvalue weighted by atomic mass is 10.0. The summed E-state index contributed by atoms with van der Waals surface area (Å²) >= 11 is 2.21. The summed E-state index contributed by atoms with van der Waals surface area (Å²) in [5, 5.41) is 7.74. The molecule has 17 heavy (non-hydrogen) atoms. The summed E-state index contributed by atoms with van der Waals surface area (Å²) in [6.07, 6.45) is 2.06. The molecule has 0 aliphatic carbocycles. The number of ketones is 1. The fourth-order valence-electron chi connectivity index (χ4n) is 1.60. The number of Topliss-reactive ketones (excluding diaryl/α,β-unsaturated/α-hetero) is 1. The molecule has 2 aromatic rings. The van der Waals surface area contributed by atoms with E-state index in [1.807, 2.05) is 25.1 Å². The molecule has 5 heteroatoms. The fourth-order valence-corrected chi connectivity index (χ4v) is 2.26. The van der Waals surface area contributed by atoms with Gasteiger partial charge in [0.25, 0.3) is 0 Å². The summed E-state index contributed by atoms with van der Waals surface area (Å²) < 4.78 is 2.61. The average molecular weight is 341 g/mol. The minimum absolute atomic E-state index is 0.0820. The number of rotatable bonds is 3. The second-order valence-corrected chi connectivity index (χ2v) is 5.00. The van der Waals surface area contributed by atoms with Gasteiger partial charge in [-0.3, -0.25) is 9.48 Å². The third-order valence-corrected chi connectivity index (χ3v) is 3.92. The van der Waals surface area contributed by atoms with Crippen molar-refractivity contribution in [3.8, 4) is 0 Å². The van der Waals surface area contributed by atoms with Crippen molar-refractivity contribution in [2.45, 2.75) is 13.3 Å². The topological polar surface area (TPSA) is 47.8 Å². The molecule has 0 aliphatic rings. The third kappa shape index (κ3) is 2.71. The standard InChI is InChI=1S/C12H12IN3O/c1-8-4-3-5-10(12(8)13)11(17)6-9-7-16(2)15-14-9/h3-5,7H,6H2,1-2H3. The van der Waals surface area contributed by atoms with E-state index in [0.29, 0.717) is 12.1 Å². The molecule has 0 bridgehead atoms. The Balaban J connectivity index is 2.23. The van der Waals surface area contributed by atoms with Gasteiger partial charge in [0, 0.05) is 22.4 Å². The van der Waals surface area contributed by atoms with Crippen LogP contribution in [0.2, 0.25) is 0 Å². The molecule has 1 heterocycles. The van der Waals surface area contributed by atoms with E-state index in [-0.39, 0.29) is 5.78 Å². The molecule has 0 amide bonds. The number of aromatic nitrogens is 3. The number of halogens is 1. The highest BCUT2D eigenvalue weighted by Crippen LogP contribution is 2.18. The number of nitrogens with zero attached hydrogens (tertiary/aromatic N) is 3. The minimum Gasteiger partial charge on any atom is -0.294 e. The summed E-state index contributed by atoms with van der Waals surface area (Å²) in [4.78, 5) is 12.1. The van der Waals surface area contributed by atoms with Gasteiger partial charge in [-0.1, -0.05) is 23.4 Å². The van der Waals surface area contributed by atoms with E-state index >= 15 is 0 Å². The van der Waals surface area contributed by atoms with E-state index in [1.165, 1.54) is 0 Å². The second kappa shape index (κ2) is 4.95. The van der Waals surface area contributed by atoms with Crippen LogP contribution in [0.5, 0.6) is 0 Å². The van der Waals surface area contributed by atoms with Gasteiger partial charge < -0.3 is 0 Å². The zero-order valence-corrected chi connectivity index (χ0v) is 11.8. The van der Waals surface area contributed by atoms with Crippen LogP contribution in [0.15, 0.2) is 24.4 Å². The molecule has 0 saturated heterocycles. The molecular weight excluding hydrogens is 329 g/mol. The van der Waals surface area contributed by atoms with Gasteiger partial charge in [-0.15, -0.1) is 5.10 Å². The molecule has 2 rings (SSSR count). The summed E-state index contributed by atoms with van der Waals surface area (Å²) in [5.41, 5.74) is 2.58. The zero-order valence-electron chi connectivity index (χ0n) is 9.64. The largest absolute Gasteiger partial charge is 0.294 e. The number of benzene rings is 1. The van der Waals surface area contributed by atoms with Crippen molar-refractivity contribution >= 4 is 28.4 Å². The van der Waals surface area contributed by atoms with Crippen LogP contribution in [-0.2, 0) is 13.5 Å². The van der Waals surface area contributed by atoms with Gasteiger partial charge in [0.15, 0.2) is 5.78 Å². The predicted octanol–water partition coefficient (Wildman–Crippen LogP) is 2.15. The molecular formula is C12H12IN3O. The first-order chi connectivity index (χ1) is 8.08. The molecule has 0 spiro atoms. The monoisotopic (exact) mass is 341 g/mol. The van der Waals surface area contributed by atoms with Crippen LogP contribution in [0.25, 0.3) is 0 Å². The molecule has 4 nitrogen and oxygen atoms in total. The van der Waals surface area contributed by atoms with Gasteiger partial charge in [0.05, 0.1) is 12.1 Å². The first-order valence-corrected chi connectivity index (χ1v) is 6.29. The lowest BCUT2D eigenvalue weighted by Gasteiger charge is -2.04. The number of carbonyl (C=O) groups is 1. The molecule has 0 unspecified atom stereocenters. The molecule has 1 aromatic carbocycles. The van der Waals surface area contributed by atoms with Crippen LogP contribution in [0.1, 0.15) is 21.6 Å². The minimum atomic E-state index is 0.0820. The van der Waals surface area contributed by atoms with E-state index in [1.54, 1.807) is 17.9 Å². The van der Waals surface area contributed by atoms with E-state index in [9.17, 15) is 4.79 Å². The zero-order chi connectivity index (χ0) is 12.4. The molecule has 0 radical (unpaired) electrons. The normalized spacial score (nSPS) is 10.5. The van der Waals surface area contributed by atoms with E-state index in [4.69, 9.17) is 0 Å². The number of hydrogen-bond acceptors (Lipinski definition) is 3. The second-order valence-electron chi connectivity index (χ2n) is 3.92. The van der Waals surface area contributed by atoms with Gasteiger partial charge in [-0.05, 0) is 35.1 Å². The van der Waals surface area contributed by atoms with Crippen molar-refractivity contribution in [2.24, 2.45) is 7.05 Å². The summed E-state index contributed by atoms with van der Waals surface area (Å²) in [6, 6.07) is 5.76. The summed E-state index contributed by atoms with van der Waals surface area (Å²) in [5.74, 6) is 0.0820. The Labute approximate surface area is 113 Å². The van der Waals surface area contributed by atoms with Crippen LogP contribution < -0.4 is 0 Å². The van der Waals surface area contributed by atoms with Crippen LogP contribution >= 0.6 is 22.6 Å². The summed E-state index contributed by atoms with van der Waals surface area (Å²) in [6.45, 7) is 2.00. The Morgan fingerprint density at radius 3 is 2.88 bits per heavy atom. The quantitative estimate of drug-likeness (QED) is 0.635. The van der Waals surface area contributed by atoms with E-state index in [2.05, 4.69) is 32.9 Å². The van der Waals surface area contributed by atoms with Crippen molar-refractivity contribution in [3.63, 3.8) is 0 Å². The molecule has 0 saturated carbocycles. The maximum atomic E-state index is 12.1. The van der Waals surface area contributed by atoms with Crippen molar-refractivity contribution in [1.82, 2.24) is 15.0 Å². The fraction of sp³-hybridized carbons (Fsp3) is 0.250. The molecule has 0 fully saturated rings. The van der Waals surface area contributed by atoms with Crippen LogP contribution in [0.4, 0.5) is 0 Å². The highest BCUT2D eigenvalue weighted by atomic mass is 127. The Morgan fingerprint density at radius 1 is 1.47 bits per heavy atom. The molecule has 0 aliphatic heterocycles. The Morgan fingerprint density at radius 2 is 2.24 bits per heavy atom. The first-order valence-electron chi connectivity index (χ1n) is 5.21. The van der Waals surface area contributed by atoms with Crippen molar-refractivity contribution < 1.29 is 4.79 Å². The van der Waals surface area contributed by atoms with Crippen molar-refractivity contribution in [3.05, 3.63) is 44.8 Å². The number of aryl methyl sites for hydroxylation is 2. The third-order valence-electron chi connectivity index (χ3n) is 2.48. The molecule has 0 N–H and O–H groups in total. The SMILES string of the molecule is Cc1cccc(C(=O)Cc2cn(C)nn2)c1I. The van der Waals surface area contributed by atoms with Crippen LogP contribution in [0.3, 0.4) is 0 Å². The molecule has 0 atom stereocenters. The number of hydrogen-bond donors (Lipinski definition) is 0. The smallest absolute Gasteiger partial charge is 0.170 e. The maximum Gasteiger partial charge on any atom is 0.170 e. The molecule has 1 aromatic heterocycles. The maximum absolute atomic E-state index is 12.1. The number of carbonyl (C=O) groups excluding carboxylic acids is 1. The van der Waals surface area contributed by atoms with Gasteiger partial charge in [-0.25, -0.2) is 0 Å². The average Bonchev–Trinajstić information content (AvgIpc) is 2.68. The lowest BCUT2D eigenvalue weighted by molar-refractivity contribution is 0.0991.